The van der Waals surface area contributed by atoms with Crippen LogP contribution in [0.3, 0.4) is 0 Å². The Hall–Kier alpha value is -3.16. The molecule has 5 nitrogen and oxygen atoms in total. The zero-order chi connectivity index (χ0) is 19.8. The van der Waals surface area contributed by atoms with E-state index in [0.717, 1.165) is 23.4 Å². The molecule has 0 fully saturated rings. The number of rotatable bonds is 3. The molecule has 3 aromatic rings. The number of pyridine rings is 1. The molecule has 0 atom stereocenters. The number of hydrogen-bond donors (Lipinski definition) is 1. The standard InChI is InChI=1S/C19H17F3N4O/c1-11-4-5-12(2)16(8-11)25-18(27)15-10-24-26(13(15)3)17-7-6-14(9-23-17)19(20,21)22/h4-10H,1-3H3,(H,25,27). The number of anilines is 1. The highest BCUT2D eigenvalue weighted by Gasteiger charge is 2.30. The summed E-state index contributed by atoms with van der Waals surface area (Å²) >= 11 is 0. The summed E-state index contributed by atoms with van der Waals surface area (Å²) < 4.78 is 39.3. The van der Waals surface area contributed by atoms with Gasteiger partial charge in [0.2, 0.25) is 0 Å². The van der Waals surface area contributed by atoms with Gasteiger partial charge in [-0.2, -0.15) is 18.3 Å². The van der Waals surface area contributed by atoms with Crippen LogP contribution in [0.5, 0.6) is 0 Å². The Morgan fingerprint density at radius 3 is 2.44 bits per heavy atom. The molecule has 0 radical (unpaired) electrons. The van der Waals surface area contributed by atoms with Gasteiger partial charge < -0.3 is 5.32 Å². The third-order valence-electron chi connectivity index (χ3n) is 4.19. The molecule has 2 heterocycles. The molecule has 2 aromatic heterocycles. The second-order valence-electron chi connectivity index (χ2n) is 6.23. The van der Waals surface area contributed by atoms with E-state index in [4.69, 9.17) is 0 Å². The third kappa shape index (κ3) is 3.84. The fourth-order valence-electron chi connectivity index (χ4n) is 2.60. The van der Waals surface area contributed by atoms with Crippen molar-refractivity contribution < 1.29 is 18.0 Å². The zero-order valence-corrected chi connectivity index (χ0v) is 14.9. The Morgan fingerprint density at radius 2 is 1.81 bits per heavy atom. The average Bonchev–Trinajstić information content (AvgIpc) is 2.99. The number of benzene rings is 1. The van der Waals surface area contributed by atoms with Crippen LogP contribution in [0, 0.1) is 20.8 Å². The summed E-state index contributed by atoms with van der Waals surface area (Å²) in [5.74, 6) is -0.148. The number of alkyl halides is 3. The van der Waals surface area contributed by atoms with Crippen molar-refractivity contribution in [2.45, 2.75) is 26.9 Å². The van der Waals surface area contributed by atoms with Crippen LogP contribution in [0.1, 0.15) is 32.7 Å². The molecule has 3 rings (SSSR count). The van der Waals surface area contributed by atoms with E-state index < -0.39 is 11.7 Å². The normalized spacial score (nSPS) is 11.5. The number of aromatic nitrogens is 3. The quantitative estimate of drug-likeness (QED) is 0.736. The van der Waals surface area contributed by atoms with Crippen molar-refractivity contribution >= 4 is 11.6 Å². The minimum Gasteiger partial charge on any atom is -0.322 e. The van der Waals surface area contributed by atoms with Crippen LogP contribution >= 0.6 is 0 Å². The summed E-state index contributed by atoms with van der Waals surface area (Å²) in [6, 6.07) is 7.87. The summed E-state index contributed by atoms with van der Waals surface area (Å²) in [7, 11) is 0. The van der Waals surface area contributed by atoms with Gasteiger partial charge in [-0.25, -0.2) is 9.67 Å². The van der Waals surface area contributed by atoms with E-state index in [1.54, 1.807) is 6.92 Å². The molecule has 1 aromatic carbocycles. The number of hydrogen-bond acceptors (Lipinski definition) is 3. The lowest BCUT2D eigenvalue weighted by atomic mass is 10.1. The van der Waals surface area contributed by atoms with Crippen LogP contribution in [0.25, 0.3) is 5.82 Å². The number of carbonyl (C=O) groups is 1. The van der Waals surface area contributed by atoms with Crippen LogP contribution in [0.15, 0.2) is 42.7 Å². The summed E-state index contributed by atoms with van der Waals surface area (Å²) in [5.41, 5.74) is 2.58. The van der Waals surface area contributed by atoms with E-state index in [0.29, 0.717) is 16.9 Å². The Labute approximate surface area is 153 Å². The molecule has 8 heteroatoms. The number of aryl methyl sites for hydroxylation is 2. The van der Waals surface area contributed by atoms with Gasteiger partial charge in [0.15, 0.2) is 5.82 Å². The highest BCUT2D eigenvalue weighted by Crippen LogP contribution is 2.29. The average molecular weight is 374 g/mol. The first-order valence-electron chi connectivity index (χ1n) is 8.13. The second kappa shape index (κ2) is 6.86. The fourth-order valence-corrected chi connectivity index (χ4v) is 2.60. The smallest absolute Gasteiger partial charge is 0.322 e. The first-order valence-corrected chi connectivity index (χ1v) is 8.13. The minimum absolute atomic E-state index is 0.200. The van der Waals surface area contributed by atoms with Gasteiger partial charge in [-0.05, 0) is 50.1 Å². The number of amides is 1. The molecule has 0 spiro atoms. The van der Waals surface area contributed by atoms with Gasteiger partial charge in [-0.15, -0.1) is 0 Å². The first-order chi connectivity index (χ1) is 12.7. The van der Waals surface area contributed by atoms with Crippen molar-refractivity contribution in [3.63, 3.8) is 0 Å². The van der Waals surface area contributed by atoms with Crippen molar-refractivity contribution in [3.8, 4) is 5.82 Å². The maximum atomic E-state index is 12.7. The van der Waals surface area contributed by atoms with Crippen LogP contribution in [-0.4, -0.2) is 20.7 Å². The largest absolute Gasteiger partial charge is 0.417 e. The number of carbonyl (C=O) groups excluding carboxylic acids is 1. The van der Waals surface area contributed by atoms with Crippen molar-refractivity contribution in [3.05, 3.63) is 70.7 Å². The summed E-state index contributed by atoms with van der Waals surface area (Å²) in [6.45, 7) is 5.47. The first kappa shape index (κ1) is 18.6. The Bertz CT molecular complexity index is 991. The van der Waals surface area contributed by atoms with Crippen LogP contribution in [0.2, 0.25) is 0 Å². The van der Waals surface area contributed by atoms with Gasteiger partial charge in [-0.1, -0.05) is 12.1 Å². The van der Waals surface area contributed by atoms with Crippen molar-refractivity contribution in [2.75, 3.05) is 5.32 Å². The van der Waals surface area contributed by atoms with Gasteiger partial charge in [0.25, 0.3) is 5.91 Å². The predicted octanol–water partition coefficient (Wildman–Crippen LogP) is 4.46. The summed E-state index contributed by atoms with van der Waals surface area (Å²) in [6.07, 6.45) is -2.34. The van der Waals surface area contributed by atoms with Gasteiger partial charge in [-0.3, -0.25) is 4.79 Å². The molecule has 27 heavy (non-hydrogen) atoms. The predicted molar refractivity (Wildman–Crippen MR) is 95.0 cm³/mol. The second-order valence-corrected chi connectivity index (χ2v) is 6.23. The van der Waals surface area contributed by atoms with Crippen molar-refractivity contribution in [1.82, 2.24) is 14.8 Å². The van der Waals surface area contributed by atoms with Gasteiger partial charge in [0.05, 0.1) is 23.0 Å². The maximum absolute atomic E-state index is 12.7. The Balaban J connectivity index is 1.86. The molecule has 140 valence electrons. The van der Waals surface area contributed by atoms with E-state index in [1.165, 1.54) is 16.9 Å². The summed E-state index contributed by atoms with van der Waals surface area (Å²) in [5, 5.41) is 6.93. The molecule has 0 aliphatic carbocycles. The van der Waals surface area contributed by atoms with Crippen LogP contribution < -0.4 is 5.32 Å². The lowest BCUT2D eigenvalue weighted by molar-refractivity contribution is -0.137. The molecule has 0 aliphatic rings. The molecule has 0 saturated carbocycles. The van der Waals surface area contributed by atoms with Crippen LogP contribution in [0.4, 0.5) is 18.9 Å². The van der Waals surface area contributed by atoms with Crippen molar-refractivity contribution in [1.29, 1.82) is 0 Å². The van der Waals surface area contributed by atoms with Crippen molar-refractivity contribution in [2.24, 2.45) is 0 Å². The molecule has 0 saturated heterocycles. The number of halogens is 3. The molecule has 0 aliphatic heterocycles. The Morgan fingerprint density at radius 1 is 1.07 bits per heavy atom. The van der Waals surface area contributed by atoms with E-state index in [1.807, 2.05) is 32.0 Å². The third-order valence-corrected chi connectivity index (χ3v) is 4.19. The summed E-state index contributed by atoms with van der Waals surface area (Å²) in [4.78, 5) is 16.4. The number of nitrogens with one attached hydrogen (secondary N) is 1. The van der Waals surface area contributed by atoms with Gasteiger partial charge >= 0.3 is 6.18 Å². The van der Waals surface area contributed by atoms with Gasteiger partial charge in [0, 0.05) is 11.9 Å². The highest BCUT2D eigenvalue weighted by atomic mass is 19.4. The SMILES string of the molecule is Cc1ccc(C)c(NC(=O)c2cnn(-c3ccc(C(F)(F)F)cn3)c2C)c1. The lowest BCUT2D eigenvalue weighted by Crippen LogP contribution is -2.14. The van der Waals surface area contributed by atoms with E-state index in [9.17, 15) is 18.0 Å². The molecular formula is C19H17F3N4O. The molecule has 1 N–H and O–H groups in total. The fraction of sp³-hybridized carbons (Fsp3) is 0.211. The Kier molecular flexibility index (Phi) is 4.73. The molecule has 0 bridgehead atoms. The topological polar surface area (TPSA) is 59.8 Å². The zero-order valence-electron chi connectivity index (χ0n) is 14.9. The van der Waals surface area contributed by atoms with Crippen LogP contribution in [-0.2, 0) is 6.18 Å². The van der Waals surface area contributed by atoms with E-state index in [2.05, 4.69) is 15.4 Å². The van der Waals surface area contributed by atoms with E-state index in [-0.39, 0.29) is 11.7 Å². The minimum atomic E-state index is -4.46. The highest BCUT2D eigenvalue weighted by molar-refractivity contribution is 6.05. The van der Waals surface area contributed by atoms with E-state index >= 15 is 0 Å². The molecular weight excluding hydrogens is 357 g/mol. The maximum Gasteiger partial charge on any atom is 0.417 e. The van der Waals surface area contributed by atoms with Gasteiger partial charge in [0.1, 0.15) is 0 Å². The molecule has 0 unspecified atom stereocenters. The monoisotopic (exact) mass is 374 g/mol. The molecule has 1 amide bonds. The number of nitrogens with zero attached hydrogens (tertiary/aromatic N) is 3. The lowest BCUT2D eigenvalue weighted by Gasteiger charge is -2.10.